The molecule has 1 saturated heterocycles. The van der Waals surface area contributed by atoms with E-state index in [1.165, 1.54) is 12.1 Å². The Labute approximate surface area is 105 Å². The van der Waals surface area contributed by atoms with E-state index in [1.807, 2.05) is 6.92 Å². The lowest BCUT2D eigenvalue weighted by atomic mass is 10.1. The number of carbonyl (C=O) groups excluding carboxylic acids is 2. The summed E-state index contributed by atoms with van der Waals surface area (Å²) in [4.78, 5) is 25.0. The monoisotopic (exact) mass is 250 g/mol. The van der Waals surface area contributed by atoms with Gasteiger partial charge in [-0.15, -0.1) is 0 Å². The number of hydrogen-bond acceptors (Lipinski definition) is 2. The number of piperazine rings is 1. The van der Waals surface area contributed by atoms with E-state index < -0.39 is 6.04 Å². The minimum atomic E-state index is -0.434. The summed E-state index contributed by atoms with van der Waals surface area (Å²) in [6, 6.07) is 5.52. The number of carbonyl (C=O) groups is 2. The first-order chi connectivity index (χ1) is 8.61. The largest absolute Gasteiger partial charge is 0.345 e. The van der Waals surface area contributed by atoms with Crippen molar-refractivity contribution in [2.45, 2.75) is 25.9 Å². The third-order valence-electron chi connectivity index (χ3n) is 3.07. The number of nitrogens with one attached hydrogen (secondary N) is 1. The van der Waals surface area contributed by atoms with Crippen molar-refractivity contribution < 1.29 is 14.0 Å². The number of nitrogens with zero attached hydrogens (tertiary/aromatic N) is 1. The van der Waals surface area contributed by atoms with Crippen LogP contribution < -0.4 is 5.32 Å². The third-order valence-corrected chi connectivity index (χ3v) is 3.07. The van der Waals surface area contributed by atoms with E-state index in [-0.39, 0.29) is 24.2 Å². The molecule has 4 nitrogen and oxygen atoms in total. The molecule has 2 rings (SSSR count). The standard InChI is InChI=1S/C13H15FN2O2/c1-2-11-13(18)15-7-12(17)16(11)8-9-3-5-10(14)6-4-9/h3-6,11H,2,7-8H2,1H3,(H,15,18). The molecule has 0 aromatic heterocycles. The quantitative estimate of drug-likeness (QED) is 0.872. The molecule has 18 heavy (non-hydrogen) atoms. The average Bonchev–Trinajstić information content (AvgIpc) is 2.37. The van der Waals surface area contributed by atoms with Gasteiger partial charge in [0, 0.05) is 6.54 Å². The zero-order chi connectivity index (χ0) is 13.1. The van der Waals surface area contributed by atoms with Crippen LogP contribution in [0.1, 0.15) is 18.9 Å². The first-order valence-electron chi connectivity index (χ1n) is 5.93. The fraction of sp³-hybridized carbons (Fsp3) is 0.385. The molecule has 1 N–H and O–H groups in total. The van der Waals surface area contributed by atoms with Crippen LogP contribution in [0.25, 0.3) is 0 Å². The molecule has 0 saturated carbocycles. The van der Waals surface area contributed by atoms with Crippen molar-refractivity contribution in [1.29, 1.82) is 0 Å². The van der Waals surface area contributed by atoms with Gasteiger partial charge < -0.3 is 10.2 Å². The molecule has 0 spiro atoms. The van der Waals surface area contributed by atoms with Crippen LogP contribution in [0.2, 0.25) is 0 Å². The molecule has 1 atom stereocenters. The number of benzene rings is 1. The molecule has 0 radical (unpaired) electrons. The molecule has 1 aromatic carbocycles. The Hall–Kier alpha value is -1.91. The SMILES string of the molecule is CCC1C(=O)NCC(=O)N1Cc1ccc(F)cc1. The Morgan fingerprint density at radius 3 is 2.61 bits per heavy atom. The fourth-order valence-electron chi connectivity index (χ4n) is 2.09. The topological polar surface area (TPSA) is 49.4 Å². The second-order valence-corrected chi connectivity index (χ2v) is 4.29. The fourth-order valence-corrected chi connectivity index (χ4v) is 2.09. The first kappa shape index (κ1) is 12.5. The van der Waals surface area contributed by atoms with Crippen LogP contribution in [0.15, 0.2) is 24.3 Å². The highest BCUT2D eigenvalue weighted by Gasteiger charge is 2.32. The Balaban J connectivity index is 2.16. The van der Waals surface area contributed by atoms with E-state index in [0.717, 1.165) is 5.56 Å². The number of amides is 2. The summed E-state index contributed by atoms with van der Waals surface area (Å²) in [5.41, 5.74) is 0.818. The van der Waals surface area contributed by atoms with Gasteiger partial charge in [-0.2, -0.15) is 0 Å². The maximum Gasteiger partial charge on any atom is 0.243 e. The highest BCUT2D eigenvalue weighted by Crippen LogP contribution is 2.14. The van der Waals surface area contributed by atoms with Crippen LogP contribution in [-0.4, -0.2) is 29.3 Å². The van der Waals surface area contributed by atoms with Crippen LogP contribution in [0.3, 0.4) is 0 Å². The molecular weight excluding hydrogens is 235 g/mol. The second-order valence-electron chi connectivity index (χ2n) is 4.29. The maximum absolute atomic E-state index is 12.8. The van der Waals surface area contributed by atoms with Crippen molar-refractivity contribution in [3.8, 4) is 0 Å². The van der Waals surface area contributed by atoms with Gasteiger partial charge in [0.1, 0.15) is 11.9 Å². The highest BCUT2D eigenvalue weighted by atomic mass is 19.1. The van der Waals surface area contributed by atoms with Gasteiger partial charge in [0.25, 0.3) is 0 Å². The van der Waals surface area contributed by atoms with Gasteiger partial charge in [0.15, 0.2) is 0 Å². The Bertz CT molecular complexity index is 459. The van der Waals surface area contributed by atoms with E-state index in [4.69, 9.17) is 0 Å². The minimum Gasteiger partial charge on any atom is -0.345 e. The lowest BCUT2D eigenvalue weighted by Crippen LogP contribution is -2.57. The number of hydrogen-bond donors (Lipinski definition) is 1. The van der Waals surface area contributed by atoms with Crippen molar-refractivity contribution >= 4 is 11.8 Å². The number of halogens is 1. The molecule has 5 heteroatoms. The van der Waals surface area contributed by atoms with E-state index in [2.05, 4.69) is 5.32 Å². The third kappa shape index (κ3) is 2.50. The van der Waals surface area contributed by atoms with E-state index in [0.29, 0.717) is 13.0 Å². The van der Waals surface area contributed by atoms with Crippen LogP contribution in [-0.2, 0) is 16.1 Å². The van der Waals surface area contributed by atoms with E-state index in [9.17, 15) is 14.0 Å². The van der Waals surface area contributed by atoms with Crippen molar-refractivity contribution in [3.63, 3.8) is 0 Å². The Morgan fingerprint density at radius 2 is 2.00 bits per heavy atom. The van der Waals surface area contributed by atoms with Gasteiger partial charge in [-0.25, -0.2) is 4.39 Å². The van der Waals surface area contributed by atoms with Gasteiger partial charge in [0.05, 0.1) is 6.54 Å². The molecular formula is C13H15FN2O2. The smallest absolute Gasteiger partial charge is 0.243 e. The normalized spacial score (nSPS) is 19.9. The summed E-state index contributed by atoms with van der Waals surface area (Å²) in [6.07, 6.45) is 0.568. The van der Waals surface area contributed by atoms with Crippen LogP contribution in [0.4, 0.5) is 4.39 Å². The molecule has 1 fully saturated rings. The molecule has 2 amide bonds. The van der Waals surface area contributed by atoms with Gasteiger partial charge in [-0.05, 0) is 24.1 Å². The second kappa shape index (κ2) is 5.16. The summed E-state index contributed by atoms with van der Waals surface area (Å²) in [5.74, 6) is -0.543. The maximum atomic E-state index is 12.8. The predicted octanol–water partition coefficient (Wildman–Crippen LogP) is 1.06. The molecule has 1 aromatic rings. The lowest BCUT2D eigenvalue weighted by molar-refractivity contribution is -0.146. The van der Waals surface area contributed by atoms with Crippen molar-refractivity contribution in [2.24, 2.45) is 0 Å². The van der Waals surface area contributed by atoms with Crippen molar-refractivity contribution in [2.75, 3.05) is 6.54 Å². The summed E-state index contributed by atoms with van der Waals surface area (Å²) >= 11 is 0. The van der Waals surface area contributed by atoms with Gasteiger partial charge in [-0.3, -0.25) is 9.59 Å². The van der Waals surface area contributed by atoms with Crippen molar-refractivity contribution in [3.05, 3.63) is 35.6 Å². The predicted molar refractivity (Wildman–Crippen MR) is 64.0 cm³/mol. The average molecular weight is 250 g/mol. The molecule has 0 bridgehead atoms. The summed E-state index contributed by atoms with van der Waals surface area (Å²) in [6.45, 7) is 2.24. The van der Waals surface area contributed by atoms with Gasteiger partial charge in [0.2, 0.25) is 11.8 Å². The van der Waals surface area contributed by atoms with Gasteiger partial charge >= 0.3 is 0 Å². The molecule has 96 valence electrons. The minimum absolute atomic E-state index is 0.0382. The Kier molecular flexibility index (Phi) is 3.60. The van der Waals surface area contributed by atoms with E-state index in [1.54, 1.807) is 17.0 Å². The molecule has 1 aliphatic rings. The zero-order valence-electron chi connectivity index (χ0n) is 10.1. The highest BCUT2D eigenvalue weighted by molar-refractivity contribution is 5.94. The summed E-state index contributed by atoms with van der Waals surface area (Å²) in [7, 11) is 0. The van der Waals surface area contributed by atoms with Crippen LogP contribution in [0, 0.1) is 5.82 Å². The summed E-state index contributed by atoms with van der Waals surface area (Å²) < 4.78 is 12.8. The van der Waals surface area contributed by atoms with Crippen LogP contribution in [0.5, 0.6) is 0 Å². The summed E-state index contributed by atoms with van der Waals surface area (Å²) in [5, 5.41) is 2.57. The van der Waals surface area contributed by atoms with Crippen LogP contribution >= 0.6 is 0 Å². The van der Waals surface area contributed by atoms with Crippen molar-refractivity contribution in [1.82, 2.24) is 10.2 Å². The zero-order valence-corrected chi connectivity index (χ0v) is 10.1. The van der Waals surface area contributed by atoms with Gasteiger partial charge in [-0.1, -0.05) is 19.1 Å². The lowest BCUT2D eigenvalue weighted by Gasteiger charge is -2.34. The first-order valence-corrected chi connectivity index (χ1v) is 5.93. The van der Waals surface area contributed by atoms with E-state index >= 15 is 0 Å². The Morgan fingerprint density at radius 1 is 1.33 bits per heavy atom. The molecule has 1 heterocycles. The number of rotatable bonds is 3. The molecule has 1 unspecified atom stereocenters. The molecule has 0 aliphatic carbocycles. The molecule has 1 aliphatic heterocycles.